The van der Waals surface area contributed by atoms with Gasteiger partial charge in [0.15, 0.2) is 0 Å². The molecule has 2 rings (SSSR count). The summed E-state index contributed by atoms with van der Waals surface area (Å²) in [5.41, 5.74) is 0.629. The summed E-state index contributed by atoms with van der Waals surface area (Å²) in [6, 6.07) is 10.1. The minimum Gasteiger partial charge on any atom is -0.497 e. The first-order valence-corrected chi connectivity index (χ1v) is 6.31. The number of benzene rings is 1. The second kappa shape index (κ2) is 6.09. The molecular weight excluding hydrogens is 270 g/mol. The molecule has 0 amide bonds. The quantitative estimate of drug-likeness (QED) is 0.857. The molecule has 0 aliphatic carbocycles. The Bertz CT molecular complexity index is 729. The van der Waals surface area contributed by atoms with Crippen molar-refractivity contribution in [2.75, 3.05) is 7.11 Å². The van der Waals surface area contributed by atoms with Crippen LogP contribution in [0.25, 0.3) is 11.3 Å². The summed E-state index contributed by atoms with van der Waals surface area (Å²) in [5.74, 6) is -0.530. The number of hydrogen-bond donors (Lipinski definition) is 1. The monoisotopic (exact) mass is 285 g/mol. The van der Waals surface area contributed by atoms with Gasteiger partial charge in [0.25, 0.3) is 5.56 Å². The number of aromatic carboxylic acids is 1. The van der Waals surface area contributed by atoms with E-state index in [0.717, 1.165) is 5.56 Å². The van der Waals surface area contributed by atoms with Gasteiger partial charge in [-0.05, 0) is 42.0 Å². The van der Waals surface area contributed by atoms with E-state index >= 15 is 0 Å². The van der Waals surface area contributed by atoms with Crippen LogP contribution in [0.3, 0.4) is 0 Å². The van der Waals surface area contributed by atoms with Gasteiger partial charge < -0.3 is 14.4 Å². The number of ether oxygens (including phenoxy) is 1. The molecule has 0 aliphatic heterocycles. The number of allylic oxidation sites excluding steroid dienone is 1. The van der Waals surface area contributed by atoms with E-state index < -0.39 is 11.5 Å². The molecule has 108 valence electrons. The molecular formula is C16H15NO4. The van der Waals surface area contributed by atoms with Crippen LogP contribution in [0, 0.1) is 0 Å². The zero-order valence-electron chi connectivity index (χ0n) is 11.6. The lowest BCUT2D eigenvalue weighted by atomic mass is 10.1. The van der Waals surface area contributed by atoms with E-state index in [-0.39, 0.29) is 12.1 Å². The van der Waals surface area contributed by atoms with E-state index in [2.05, 4.69) is 6.58 Å². The van der Waals surface area contributed by atoms with Crippen LogP contribution in [-0.4, -0.2) is 22.8 Å². The van der Waals surface area contributed by atoms with Gasteiger partial charge in [-0.1, -0.05) is 6.08 Å². The van der Waals surface area contributed by atoms with Crippen LogP contribution in [-0.2, 0) is 6.54 Å². The number of pyridine rings is 1. The molecule has 1 N–H and O–H groups in total. The summed E-state index contributed by atoms with van der Waals surface area (Å²) in [6.07, 6.45) is 1.56. The van der Waals surface area contributed by atoms with Crippen LogP contribution in [0.15, 0.2) is 53.8 Å². The van der Waals surface area contributed by atoms with Gasteiger partial charge in [-0.25, -0.2) is 4.79 Å². The van der Waals surface area contributed by atoms with Gasteiger partial charge in [0.2, 0.25) is 0 Å². The highest BCUT2D eigenvalue weighted by Gasteiger charge is 2.14. The van der Waals surface area contributed by atoms with Crippen molar-refractivity contribution in [3.63, 3.8) is 0 Å². The maximum absolute atomic E-state index is 12.2. The standard InChI is InChI=1S/C16H15NO4/c1-3-10-17-14(9-8-13(15(17)18)16(19)20)11-4-6-12(21-2)7-5-11/h3-9H,1,10H2,2H3,(H,19,20). The summed E-state index contributed by atoms with van der Waals surface area (Å²) in [4.78, 5) is 23.3. The first kappa shape index (κ1) is 14.6. The highest BCUT2D eigenvalue weighted by atomic mass is 16.5. The normalized spacial score (nSPS) is 10.1. The minimum atomic E-state index is -1.24. The average molecular weight is 285 g/mol. The fourth-order valence-corrected chi connectivity index (χ4v) is 2.07. The van der Waals surface area contributed by atoms with Crippen LogP contribution in [0.1, 0.15) is 10.4 Å². The topological polar surface area (TPSA) is 68.5 Å². The Balaban J connectivity index is 2.61. The Morgan fingerprint density at radius 1 is 1.29 bits per heavy atom. The van der Waals surface area contributed by atoms with Gasteiger partial charge in [0.1, 0.15) is 11.3 Å². The highest BCUT2D eigenvalue weighted by Crippen LogP contribution is 2.21. The Hall–Kier alpha value is -2.82. The molecule has 0 saturated heterocycles. The molecule has 0 unspecified atom stereocenters. The van der Waals surface area contributed by atoms with Gasteiger partial charge >= 0.3 is 5.97 Å². The zero-order chi connectivity index (χ0) is 15.4. The number of aromatic nitrogens is 1. The molecule has 21 heavy (non-hydrogen) atoms. The van der Waals surface area contributed by atoms with Crippen molar-refractivity contribution < 1.29 is 14.6 Å². The summed E-state index contributed by atoms with van der Waals surface area (Å²) in [5, 5.41) is 9.03. The first-order chi connectivity index (χ1) is 10.1. The molecule has 5 nitrogen and oxygen atoms in total. The second-order valence-corrected chi connectivity index (χ2v) is 4.37. The van der Waals surface area contributed by atoms with Gasteiger partial charge in [0.05, 0.1) is 12.8 Å². The van der Waals surface area contributed by atoms with Gasteiger partial charge in [-0.15, -0.1) is 6.58 Å². The van der Waals surface area contributed by atoms with Gasteiger partial charge in [-0.2, -0.15) is 0 Å². The van der Waals surface area contributed by atoms with Gasteiger partial charge in [-0.3, -0.25) is 4.79 Å². The maximum atomic E-state index is 12.2. The van der Waals surface area contributed by atoms with E-state index in [1.165, 1.54) is 10.6 Å². The van der Waals surface area contributed by atoms with Crippen molar-refractivity contribution in [3.8, 4) is 17.0 Å². The fourth-order valence-electron chi connectivity index (χ4n) is 2.07. The molecule has 0 bridgehead atoms. The van der Waals surface area contributed by atoms with Gasteiger partial charge in [0, 0.05) is 6.54 Å². The van der Waals surface area contributed by atoms with Crippen molar-refractivity contribution >= 4 is 5.97 Å². The summed E-state index contributed by atoms with van der Waals surface area (Å²) < 4.78 is 6.48. The molecule has 2 aromatic rings. The Morgan fingerprint density at radius 3 is 2.48 bits per heavy atom. The predicted octanol–water partition coefficient (Wildman–Crippen LogP) is 2.41. The van der Waals surface area contributed by atoms with Crippen molar-refractivity contribution in [1.82, 2.24) is 4.57 Å². The van der Waals surface area contributed by atoms with Crippen LogP contribution >= 0.6 is 0 Å². The number of nitrogens with zero attached hydrogens (tertiary/aromatic N) is 1. The number of carboxylic acid groups (broad SMARTS) is 1. The predicted molar refractivity (Wildman–Crippen MR) is 79.8 cm³/mol. The third-order valence-electron chi connectivity index (χ3n) is 3.10. The smallest absolute Gasteiger partial charge is 0.341 e. The average Bonchev–Trinajstić information content (AvgIpc) is 2.49. The van der Waals surface area contributed by atoms with Crippen molar-refractivity contribution in [3.05, 3.63) is 65.0 Å². The molecule has 0 atom stereocenters. The van der Waals surface area contributed by atoms with Crippen LogP contribution in [0.5, 0.6) is 5.75 Å². The largest absolute Gasteiger partial charge is 0.497 e. The molecule has 0 aliphatic rings. The molecule has 0 radical (unpaired) electrons. The molecule has 1 heterocycles. The Labute approximate surface area is 121 Å². The van der Waals surface area contributed by atoms with E-state index in [0.29, 0.717) is 11.4 Å². The molecule has 0 saturated carbocycles. The molecule has 5 heteroatoms. The SMILES string of the molecule is C=CCn1c(-c2ccc(OC)cc2)ccc(C(=O)O)c1=O. The lowest BCUT2D eigenvalue weighted by Crippen LogP contribution is -2.27. The van der Waals surface area contributed by atoms with E-state index in [1.807, 2.05) is 12.1 Å². The minimum absolute atomic E-state index is 0.237. The van der Waals surface area contributed by atoms with Crippen molar-refractivity contribution in [2.45, 2.75) is 6.54 Å². The molecule has 1 aromatic carbocycles. The number of hydrogen-bond acceptors (Lipinski definition) is 3. The third-order valence-corrected chi connectivity index (χ3v) is 3.10. The second-order valence-electron chi connectivity index (χ2n) is 4.37. The van der Waals surface area contributed by atoms with E-state index in [4.69, 9.17) is 9.84 Å². The number of methoxy groups -OCH3 is 1. The third kappa shape index (κ3) is 2.86. The Kier molecular flexibility index (Phi) is 4.23. The highest BCUT2D eigenvalue weighted by molar-refractivity contribution is 5.87. The van der Waals surface area contributed by atoms with E-state index in [1.54, 1.807) is 31.4 Å². The lowest BCUT2D eigenvalue weighted by molar-refractivity contribution is 0.0694. The summed E-state index contributed by atoms with van der Waals surface area (Å²) >= 11 is 0. The number of carbonyl (C=O) groups is 1. The van der Waals surface area contributed by atoms with Crippen molar-refractivity contribution in [2.24, 2.45) is 0 Å². The molecule has 0 spiro atoms. The number of carboxylic acids is 1. The maximum Gasteiger partial charge on any atom is 0.341 e. The fraction of sp³-hybridized carbons (Fsp3) is 0.125. The summed E-state index contributed by atoms with van der Waals surface area (Å²) in [7, 11) is 1.57. The number of rotatable bonds is 5. The van der Waals surface area contributed by atoms with E-state index in [9.17, 15) is 9.59 Å². The first-order valence-electron chi connectivity index (χ1n) is 6.31. The molecule has 0 fully saturated rings. The van der Waals surface area contributed by atoms with Crippen LogP contribution in [0.4, 0.5) is 0 Å². The zero-order valence-corrected chi connectivity index (χ0v) is 11.6. The Morgan fingerprint density at radius 2 is 1.95 bits per heavy atom. The van der Waals surface area contributed by atoms with Crippen LogP contribution in [0.2, 0.25) is 0 Å². The van der Waals surface area contributed by atoms with Crippen LogP contribution < -0.4 is 10.3 Å². The molecule has 1 aromatic heterocycles. The van der Waals surface area contributed by atoms with Crippen molar-refractivity contribution in [1.29, 1.82) is 0 Å². The summed E-state index contributed by atoms with van der Waals surface area (Å²) in [6.45, 7) is 3.84. The lowest BCUT2D eigenvalue weighted by Gasteiger charge is -2.12.